The Balaban J connectivity index is 1.58. The van der Waals surface area contributed by atoms with E-state index in [1.165, 1.54) is 0 Å². The maximum atomic E-state index is 12.6. The number of carbonyl (C=O) groups is 1. The van der Waals surface area contributed by atoms with E-state index in [-0.39, 0.29) is 18.4 Å². The standard InChI is InChI=1S/C18H24N4O3/c1-3-16-20-18(21-25-16)13-7-6-10-22(12-13)17(23)11-19-14-8-4-5-9-15(14)24-2/h4-5,8-9,13,19H,3,6-7,10-12H2,1-2H3/t13-/m1/s1. The molecule has 0 unspecified atom stereocenters. The lowest BCUT2D eigenvalue weighted by Gasteiger charge is -2.31. The predicted octanol–water partition coefficient (Wildman–Crippen LogP) is 2.46. The van der Waals surface area contributed by atoms with Crippen molar-refractivity contribution >= 4 is 11.6 Å². The summed E-state index contributed by atoms with van der Waals surface area (Å²) in [6, 6.07) is 7.58. The highest BCUT2D eigenvalue weighted by Gasteiger charge is 2.27. The molecule has 1 atom stereocenters. The Hall–Kier alpha value is -2.57. The minimum absolute atomic E-state index is 0.0646. The zero-order valence-corrected chi connectivity index (χ0v) is 14.7. The van der Waals surface area contributed by atoms with Crippen molar-refractivity contribution in [2.24, 2.45) is 0 Å². The van der Waals surface area contributed by atoms with E-state index in [9.17, 15) is 4.79 Å². The minimum atomic E-state index is 0.0646. The first-order chi connectivity index (χ1) is 12.2. The van der Waals surface area contributed by atoms with Crippen LogP contribution in [0.4, 0.5) is 5.69 Å². The van der Waals surface area contributed by atoms with Crippen LogP contribution in [0.2, 0.25) is 0 Å². The number of amides is 1. The third-order valence-corrected chi connectivity index (χ3v) is 4.46. The van der Waals surface area contributed by atoms with Crippen LogP contribution in [0.25, 0.3) is 0 Å². The molecule has 7 nitrogen and oxygen atoms in total. The Morgan fingerprint density at radius 1 is 1.44 bits per heavy atom. The lowest BCUT2D eigenvalue weighted by atomic mass is 9.97. The summed E-state index contributed by atoms with van der Waals surface area (Å²) in [6.07, 6.45) is 2.65. The zero-order valence-electron chi connectivity index (χ0n) is 14.7. The molecule has 0 spiro atoms. The highest BCUT2D eigenvalue weighted by Crippen LogP contribution is 2.26. The molecule has 1 aliphatic heterocycles. The molecule has 25 heavy (non-hydrogen) atoms. The second kappa shape index (κ2) is 8.00. The van der Waals surface area contributed by atoms with E-state index in [1.807, 2.05) is 36.1 Å². The van der Waals surface area contributed by atoms with E-state index < -0.39 is 0 Å². The van der Waals surface area contributed by atoms with Crippen LogP contribution >= 0.6 is 0 Å². The molecule has 134 valence electrons. The molecule has 1 N–H and O–H groups in total. The topological polar surface area (TPSA) is 80.5 Å². The van der Waals surface area contributed by atoms with Gasteiger partial charge in [-0.2, -0.15) is 4.98 Å². The minimum Gasteiger partial charge on any atom is -0.495 e. The van der Waals surface area contributed by atoms with Gasteiger partial charge in [-0.05, 0) is 25.0 Å². The van der Waals surface area contributed by atoms with Crippen LogP contribution in [0, 0.1) is 0 Å². The first-order valence-electron chi connectivity index (χ1n) is 8.68. The van der Waals surface area contributed by atoms with Crippen molar-refractivity contribution in [3.63, 3.8) is 0 Å². The second-order valence-electron chi connectivity index (χ2n) is 6.13. The van der Waals surface area contributed by atoms with Crippen molar-refractivity contribution in [3.8, 4) is 5.75 Å². The number of rotatable bonds is 6. The summed E-state index contributed by atoms with van der Waals surface area (Å²) in [6.45, 7) is 3.62. The molecular weight excluding hydrogens is 320 g/mol. The van der Waals surface area contributed by atoms with Crippen molar-refractivity contribution < 1.29 is 14.1 Å². The van der Waals surface area contributed by atoms with Gasteiger partial charge in [-0.15, -0.1) is 0 Å². The summed E-state index contributed by atoms with van der Waals surface area (Å²) >= 11 is 0. The van der Waals surface area contributed by atoms with Crippen LogP contribution in [-0.2, 0) is 11.2 Å². The molecule has 1 saturated heterocycles. The average molecular weight is 344 g/mol. The number of nitrogens with one attached hydrogen (secondary N) is 1. The van der Waals surface area contributed by atoms with Crippen LogP contribution in [-0.4, -0.2) is 47.7 Å². The number of likely N-dealkylation sites (tertiary alicyclic amines) is 1. The summed E-state index contributed by atoms with van der Waals surface area (Å²) in [5.74, 6) is 2.30. The number of methoxy groups -OCH3 is 1. The Bertz CT molecular complexity index is 716. The van der Waals surface area contributed by atoms with Crippen LogP contribution in [0.3, 0.4) is 0 Å². The lowest BCUT2D eigenvalue weighted by Crippen LogP contribution is -2.42. The van der Waals surface area contributed by atoms with Crippen molar-refractivity contribution in [3.05, 3.63) is 36.0 Å². The van der Waals surface area contributed by atoms with Crippen LogP contribution in [0.1, 0.15) is 37.4 Å². The zero-order chi connectivity index (χ0) is 17.6. The number of benzene rings is 1. The number of nitrogens with zero attached hydrogens (tertiary/aromatic N) is 3. The molecule has 0 saturated carbocycles. The maximum absolute atomic E-state index is 12.6. The van der Waals surface area contributed by atoms with Gasteiger partial charge in [0.2, 0.25) is 11.8 Å². The summed E-state index contributed by atoms with van der Waals surface area (Å²) in [5.41, 5.74) is 0.817. The molecule has 1 amide bonds. The van der Waals surface area contributed by atoms with Gasteiger partial charge in [-0.25, -0.2) is 0 Å². The summed E-state index contributed by atoms with van der Waals surface area (Å²) in [7, 11) is 1.62. The molecule has 0 radical (unpaired) electrons. The van der Waals surface area contributed by atoms with Crippen LogP contribution in [0.15, 0.2) is 28.8 Å². The van der Waals surface area contributed by atoms with E-state index in [2.05, 4.69) is 15.5 Å². The highest BCUT2D eigenvalue weighted by molar-refractivity contribution is 5.81. The Morgan fingerprint density at radius 3 is 3.04 bits per heavy atom. The van der Waals surface area contributed by atoms with E-state index in [0.29, 0.717) is 18.3 Å². The molecule has 1 aromatic carbocycles. The molecule has 3 rings (SSSR count). The fraction of sp³-hybridized carbons (Fsp3) is 0.500. The molecule has 7 heteroatoms. The van der Waals surface area contributed by atoms with Gasteiger partial charge in [-0.3, -0.25) is 4.79 Å². The molecule has 1 aromatic heterocycles. The van der Waals surface area contributed by atoms with E-state index in [0.717, 1.165) is 37.2 Å². The lowest BCUT2D eigenvalue weighted by molar-refractivity contribution is -0.130. The summed E-state index contributed by atoms with van der Waals surface area (Å²) in [5, 5.41) is 7.23. The molecular formula is C18H24N4O3. The van der Waals surface area contributed by atoms with Gasteiger partial charge in [0.15, 0.2) is 5.82 Å². The van der Waals surface area contributed by atoms with Gasteiger partial charge in [-0.1, -0.05) is 24.2 Å². The molecule has 2 aromatic rings. The van der Waals surface area contributed by atoms with Gasteiger partial charge >= 0.3 is 0 Å². The van der Waals surface area contributed by atoms with Gasteiger partial charge in [0.25, 0.3) is 0 Å². The Kier molecular flexibility index (Phi) is 5.53. The van der Waals surface area contributed by atoms with Crippen molar-refractivity contribution in [2.75, 3.05) is 32.1 Å². The first kappa shape index (κ1) is 17.3. The maximum Gasteiger partial charge on any atom is 0.241 e. The SMILES string of the molecule is CCc1nc([C@@H]2CCCN(C(=O)CNc3ccccc3OC)C2)no1. The monoisotopic (exact) mass is 344 g/mol. The van der Waals surface area contributed by atoms with Crippen LogP contribution in [0.5, 0.6) is 5.75 Å². The molecule has 0 aliphatic carbocycles. The number of piperidine rings is 1. The quantitative estimate of drug-likeness (QED) is 0.867. The van der Waals surface area contributed by atoms with E-state index in [4.69, 9.17) is 9.26 Å². The fourth-order valence-electron chi connectivity index (χ4n) is 3.07. The average Bonchev–Trinajstić information content (AvgIpc) is 3.15. The number of anilines is 1. The number of hydrogen-bond acceptors (Lipinski definition) is 6. The summed E-state index contributed by atoms with van der Waals surface area (Å²) in [4.78, 5) is 18.9. The largest absolute Gasteiger partial charge is 0.495 e. The number of ether oxygens (including phenoxy) is 1. The summed E-state index contributed by atoms with van der Waals surface area (Å²) < 4.78 is 10.5. The smallest absolute Gasteiger partial charge is 0.241 e. The molecule has 2 heterocycles. The number of aromatic nitrogens is 2. The highest BCUT2D eigenvalue weighted by atomic mass is 16.5. The third-order valence-electron chi connectivity index (χ3n) is 4.46. The van der Waals surface area contributed by atoms with Crippen molar-refractivity contribution in [2.45, 2.75) is 32.1 Å². The van der Waals surface area contributed by atoms with E-state index in [1.54, 1.807) is 7.11 Å². The molecule has 0 bridgehead atoms. The molecule has 1 fully saturated rings. The van der Waals surface area contributed by atoms with Gasteiger partial charge in [0, 0.05) is 25.4 Å². The predicted molar refractivity (Wildman–Crippen MR) is 93.7 cm³/mol. The van der Waals surface area contributed by atoms with Crippen molar-refractivity contribution in [1.82, 2.24) is 15.0 Å². The van der Waals surface area contributed by atoms with Gasteiger partial charge < -0.3 is 19.5 Å². The molecule has 1 aliphatic rings. The fourth-order valence-corrected chi connectivity index (χ4v) is 3.07. The number of hydrogen-bond donors (Lipinski definition) is 1. The Morgan fingerprint density at radius 2 is 2.28 bits per heavy atom. The van der Waals surface area contributed by atoms with E-state index >= 15 is 0 Å². The number of para-hydroxylation sites is 2. The number of carbonyl (C=O) groups excluding carboxylic acids is 1. The van der Waals surface area contributed by atoms with Crippen molar-refractivity contribution in [1.29, 1.82) is 0 Å². The van der Waals surface area contributed by atoms with Gasteiger partial charge in [0.1, 0.15) is 5.75 Å². The second-order valence-corrected chi connectivity index (χ2v) is 6.13. The normalized spacial score (nSPS) is 17.4. The third kappa shape index (κ3) is 4.10. The Labute approximate surface area is 147 Å². The first-order valence-corrected chi connectivity index (χ1v) is 8.68. The van der Waals surface area contributed by atoms with Crippen LogP contribution < -0.4 is 10.1 Å². The number of aryl methyl sites for hydroxylation is 1. The van der Waals surface area contributed by atoms with Gasteiger partial charge in [0.05, 0.1) is 19.3 Å².